The highest BCUT2D eigenvalue weighted by molar-refractivity contribution is 7.89. The minimum Gasteiger partial charge on any atom is -0.481 e. The lowest BCUT2D eigenvalue weighted by atomic mass is 10.2. The van der Waals surface area contributed by atoms with Crippen molar-refractivity contribution in [3.8, 4) is 5.75 Å². The molecular formula is C19H21FN2O5S. The van der Waals surface area contributed by atoms with Gasteiger partial charge in [-0.2, -0.15) is 4.31 Å². The molecular weight excluding hydrogens is 387 g/mol. The third kappa shape index (κ3) is 4.67. The molecule has 1 N–H and O–H groups in total. The number of nitrogens with one attached hydrogen (secondary N) is 1. The molecule has 9 heteroatoms. The second-order valence-corrected chi connectivity index (χ2v) is 8.20. The first-order valence-corrected chi connectivity index (χ1v) is 10.2. The van der Waals surface area contributed by atoms with Gasteiger partial charge in [0.25, 0.3) is 5.91 Å². The fraction of sp³-hybridized carbons (Fsp3) is 0.316. The standard InChI is InChI=1S/C19H21FN2O5S/c1-14-6-7-15(28(24,25)22-8-10-26-11-9-22)12-17(14)21-19(23)13-27-18-5-3-2-4-16(18)20/h2-7,12H,8-11,13H2,1H3,(H,21,23). The number of hydrogen-bond donors (Lipinski definition) is 1. The third-order valence-electron chi connectivity index (χ3n) is 4.29. The quantitative estimate of drug-likeness (QED) is 0.792. The van der Waals surface area contributed by atoms with Crippen molar-refractivity contribution >= 4 is 21.6 Å². The zero-order valence-electron chi connectivity index (χ0n) is 15.4. The van der Waals surface area contributed by atoms with Crippen LogP contribution < -0.4 is 10.1 Å². The number of aryl methyl sites for hydroxylation is 1. The molecule has 0 unspecified atom stereocenters. The van der Waals surface area contributed by atoms with Crippen LogP contribution >= 0.6 is 0 Å². The summed E-state index contributed by atoms with van der Waals surface area (Å²) in [4.78, 5) is 12.3. The number of halogens is 1. The van der Waals surface area contributed by atoms with Crippen LogP contribution in [0.4, 0.5) is 10.1 Å². The number of benzene rings is 2. The number of amides is 1. The van der Waals surface area contributed by atoms with Crippen molar-refractivity contribution in [2.75, 3.05) is 38.2 Å². The average Bonchev–Trinajstić information content (AvgIpc) is 2.69. The monoisotopic (exact) mass is 408 g/mol. The van der Waals surface area contributed by atoms with Crippen LogP contribution in [0, 0.1) is 12.7 Å². The van der Waals surface area contributed by atoms with E-state index in [2.05, 4.69) is 5.32 Å². The molecule has 0 radical (unpaired) electrons. The van der Waals surface area contributed by atoms with Crippen LogP contribution in [-0.4, -0.2) is 51.5 Å². The van der Waals surface area contributed by atoms with Crippen molar-refractivity contribution in [3.05, 3.63) is 53.8 Å². The zero-order chi connectivity index (χ0) is 20.1. The Balaban J connectivity index is 1.71. The molecule has 0 spiro atoms. The minimum atomic E-state index is -3.68. The van der Waals surface area contributed by atoms with Crippen LogP contribution in [0.25, 0.3) is 0 Å². The molecule has 28 heavy (non-hydrogen) atoms. The van der Waals surface area contributed by atoms with E-state index in [1.165, 1.54) is 34.6 Å². The summed E-state index contributed by atoms with van der Waals surface area (Å²) in [5.74, 6) is -1.12. The van der Waals surface area contributed by atoms with E-state index >= 15 is 0 Å². The van der Waals surface area contributed by atoms with E-state index in [-0.39, 0.29) is 23.7 Å². The summed E-state index contributed by atoms with van der Waals surface area (Å²) >= 11 is 0. The highest BCUT2D eigenvalue weighted by Gasteiger charge is 2.26. The van der Waals surface area contributed by atoms with Gasteiger partial charge < -0.3 is 14.8 Å². The molecule has 0 aliphatic carbocycles. The summed E-state index contributed by atoms with van der Waals surface area (Å²) in [5, 5.41) is 2.62. The summed E-state index contributed by atoms with van der Waals surface area (Å²) in [6, 6.07) is 10.3. The Hall–Kier alpha value is -2.49. The maximum absolute atomic E-state index is 13.6. The van der Waals surface area contributed by atoms with E-state index in [1.54, 1.807) is 19.1 Å². The second kappa shape index (κ2) is 8.68. The topological polar surface area (TPSA) is 84.9 Å². The molecule has 1 aliphatic rings. The number of carbonyl (C=O) groups excluding carboxylic acids is 1. The van der Waals surface area contributed by atoms with Gasteiger partial charge in [-0.3, -0.25) is 4.79 Å². The predicted octanol–water partition coefficient (Wildman–Crippen LogP) is 2.17. The van der Waals surface area contributed by atoms with Gasteiger partial charge in [0.1, 0.15) is 0 Å². The Labute approximate surface area is 163 Å². The van der Waals surface area contributed by atoms with Gasteiger partial charge in [0.2, 0.25) is 10.0 Å². The fourth-order valence-electron chi connectivity index (χ4n) is 2.72. The highest BCUT2D eigenvalue weighted by Crippen LogP contribution is 2.24. The van der Waals surface area contributed by atoms with Crippen molar-refractivity contribution in [1.82, 2.24) is 4.31 Å². The van der Waals surface area contributed by atoms with Crippen LogP contribution in [-0.2, 0) is 19.6 Å². The molecule has 0 saturated carbocycles. The number of anilines is 1. The Bertz CT molecular complexity index is 959. The molecule has 0 atom stereocenters. The lowest BCUT2D eigenvalue weighted by molar-refractivity contribution is -0.118. The molecule has 0 aromatic heterocycles. The van der Waals surface area contributed by atoms with Gasteiger partial charge in [-0.1, -0.05) is 18.2 Å². The first kappa shape index (κ1) is 20.2. The molecule has 1 amide bonds. The lowest BCUT2D eigenvalue weighted by Gasteiger charge is -2.26. The van der Waals surface area contributed by atoms with Crippen molar-refractivity contribution < 1.29 is 27.1 Å². The Morgan fingerprint density at radius 3 is 2.64 bits per heavy atom. The maximum Gasteiger partial charge on any atom is 0.262 e. The van der Waals surface area contributed by atoms with Crippen LogP contribution in [0.3, 0.4) is 0 Å². The Morgan fingerprint density at radius 1 is 1.21 bits per heavy atom. The van der Waals surface area contributed by atoms with Gasteiger partial charge in [0.15, 0.2) is 18.2 Å². The fourth-order valence-corrected chi connectivity index (χ4v) is 4.16. The van der Waals surface area contributed by atoms with Crippen molar-refractivity contribution in [2.45, 2.75) is 11.8 Å². The van der Waals surface area contributed by atoms with Crippen LogP contribution in [0.5, 0.6) is 5.75 Å². The van der Waals surface area contributed by atoms with E-state index < -0.39 is 28.4 Å². The lowest BCUT2D eigenvalue weighted by Crippen LogP contribution is -2.40. The van der Waals surface area contributed by atoms with E-state index in [9.17, 15) is 17.6 Å². The van der Waals surface area contributed by atoms with E-state index in [0.717, 1.165) is 0 Å². The van der Waals surface area contributed by atoms with E-state index in [4.69, 9.17) is 9.47 Å². The molecule has 150 valence electrons. The van der Waals surface area contributed by atoms with Gasteiger partial charge >= 0.3 is 0 Å². The minimum absolute atomic E-state index is 0.0296. The van der Waals surface area contributed by atoms with E-state index in [1.807, 2.05) is 0 Å². The summed E-state index contributed by atoms with van der Waals surface area (Å²) in [6.07, 6.45) is 0. The number of carbonyl (C=O) groups is 1. The molecule has 0 bridgehead atoms. The Morgan fingerprint density at radius 2 is 1.93 bits per heavy atom. The number of hydrogen-bond acceptors (Lipinski definition) is 5. The summed E-state index contributed by atoms with van der Waals surface area (Å²) in [6.45, 7) is 2.62. The maximum atomic E-state index is 13.6. The Kier molecular flexibility index (Phi) is 6.28. The number of morpholine rings is 1. The van der Waals surface area contributed by atoms with Crippen LogP contribution in [0.15, 0.2) is 47.4 Å². The number of sulfonamides is 1. The molecule has 1 fully saturated rings. The molecule has 2 aromatic carbocycles. The van der Waals surface area contributed by atoms with Crippen molar-refractivity contribution in [3.63, 3.8) is 0 Å². The summed E-state index contributed by atoms with van der Waals surface area (Å²) in [5.41, 5.74) is 1.05. The average molecular weight is 408 g/mol. The second-order valence-electron chi connectivity index (χ2n) is 6.26. The largest absolute Gasteiger partial charge is 0.481 e. The van der Waals surface area contributed by atoms with Crippen molar-refractivity contribution in [1.29, 1.82) is 0 Å². The van der Waals surface area contributed by atoms with Gasteiger partial charge in [0.05, 0.1) is 18.1 Å². The smallest absolute Gasteiger partial charge is 0.262 e. The van der Waals surface area contributed by atoms with Gasteiger partial charge in [0, 0.05) is 18.8 Å². The number of para-hydroxylation sites is 1. The molecule has 1 aliphatic heterocycles. The van der Waals surface area contributed by atoms with Gasteiger partial charge in [-0.05, 0) is 36.8 Å². The SMILES string of the molecule is Cc1ccc(S(=O)(=O)N2CCOCC2)cc1NC(=O)COc1ccccc1F. The van der Waals surface area contributed by atoms with Gasteiger partial charge in [-0.15, -0.1) is 0 Å². The predicted molar refractivity (Wildman–Crippen MR) is 101 cm³/mol. The summed E-state index contributed by atoms with van der Waals surface area (Å²) in [7, 11) is -3.68. The molecule has 2 aromatic rings. The summed E-state index contributed by atoms with van der Waals surface area (Å²) < 4.78 is 50.8. The first-order chi connectivity index (χ1) is 13.4. The highest BCUT2D eigenvalue weighted by atomic mass is 32.2. The van der Waals surface area contributed by atoms with E-state index in [0.29, 0.717) is 24.5 Å². The van der Waals surface area contributed by atoms with Crippen LogP contribution in [0.2, 0.25) is 0 Å². The third-order valence-corrected chi connectivity index (χ3v) is 6.18. The van der Waals surface area contributed by atoms with Gasteiger partial charge in [-0.25, -0.2) is 12.8 Å². The van der Waals surface area contributed by atoms with Crippen molar-refractivity contribution in [2.24, 2.45) is 0 Å². The normalized spacial score (nSPS) is 15.2. The number of rotatable bonds is 6. The first-order valence-electron chi connectivity index (χ1n) is 8.73. The number of nitrogens with zero attached hydrogens (tertiary/aromatic N) is 1. The molecule has 1 saturated heterocycles. The number of ether oxygens (including phenoxy) is 2. The van der Waals surface area contributed by atoms with Crippen LogP contribution in [0.1, 0.15) is 5.56 Å². The molecule has 3 rings (SSSR count). The zero-order valence-corrected chi connectivity index (χ0v) is 16.2. The molecule has 7 nitrogen and oxygen atoms in total. The molecule has 1 heterocycles.